The minimum atomic E-state index is -4.83. The number of alkyl halides is 3. The van der Waals surface area contributed by atoms with Gasteiger partial charge in [-0.15, -0.1) is 0 Å². The maximum atomic E-state index is 13.7. The molecular formula is C30H40F4N6O4. The van der Waals surface area contributed by atoms with Gasteiger partial charge in [-0.3, -0.25) is 24.7 Å². The first kappa shape index (κ1) is 33.6. The molecule has 10 nitrogen and oxygen atoms in total. The highest BCUT2D eigenvalue weighted by Gasteiger charge is 2.34. The summed E-state index contributed by atoms with van der Waals surface area (Å²) in [5.41, 5.74) is -0.757. The summed E-state index contributed by atoms with van der Waals surface area (Å²) in [4.78, 5) is 29.9. The Morgan fingerprint density at radius 2 is 1.70 bits per heavy atom. The molecule has 2 saturated heterocycles. The monoisotopic (exact) mass is 624 g/mol. The molecule has 44 heavy (non-hydrogen) atoms. The number of nitrogens with one attached hydrogen (secondary N) is 2. The van der Waals surface area contributed by atoms with Gasteiger partial charge in [-0.05, 0) is 62.7 Å². The van der Waals surface area contributed by atoms with Crippen LogP contribution in [0.25, 0.3) is 0 Å². The molecule has 0 unspecified atom stereocenters. The minimum Gasteiger partial charge on any atom is -0.489 e. The summed E-state index contributed by atoms with van der Waals surface area (Å²) in [7, 11) is 1.85. The molecule has 2 aliphatic rings. The second-order valence-corrected chi connectivity index (χ2v) is 11.4. The zero-order chi connectivity index (χ0) is 31.7. The fourth-order valence-electron chi connectivity index (χ4n) is 5.63. The van der Waals surface area contributed by atoms with Crippen LogP contribution in [0.1, 0.15) is 29.5 Å². The molecule has 0 saturated carbocycles. The van der Waals surface area contributed by atoms with E-state index in [1.165, 1.54) is 24.3 Å². The lowest BCUT2D eigenvalue weighted by Crippen LogP contribution is -2.51. The number of carbonyl (C=O) groups is 1. The summed E-state index contributed by atoms with van der Waals surface area (Å²) >= 11 is 0. The van der Waals surface area contributed by atoms with E-state index in [-0.39, 0.29) is 23.8 Å². The quantitative estimate of drug-likeness (QED) is 0.151. The van der Waals surface area contributed by atoms with E-state index in [9.17, 15) is 32.5 Å². The number of piperidine rings is 1. The number of likely N-dealkylation sites (tertiary alicyclic amines) is 1. The molecule has 2 aromatic rings. The van der Waals surface area contributed by atoms with Gasteiger partial charge in [0, 0.05) is 70.1 Å². The molecule has 2 aliphatic heterocycles. The molecule has 2 aromatic carbocycles. The maximum Gasteiger partial charge on any atom is 0.419 e. The zero-order valence-corrected chi connectivity index (χ0v) is 24.9. The van der Waals surface area contributed by atoms with Gasteiger partial charge in [0.1, 0.15) is 18.2 Å². The molecule has 0 atom stereocenters. The van der Waals surface area contributed by atoms with Crippen molar-refractivity contribution in [2.75, 3.05) is 72.5 Å². The van der Waals surface area contributed by atoms with Crippen molar-refractivity contribution in [2.45, 2.75) is 32.2 Å². The highest BCUT2D eigenvalue weighted by molar-refractivity contribution is 5.78. The molecule has 242 valence electrons. The third kappa shape index (κ3) is 9.84. The van der Waals surface area contributed by atoms with Gasteiger partial charge in [0.05, 0.1) is 17.0 Å². The van der Waals surface area contributed by atoms with Crippen LogP contribution in [-0.2, 0) is 24.1 Å². The predicted octanol–water partition coefficient (Wildman–Crippen LogP) is 3.50. The van der Waals surface area contributed by atoms with Crippen LogP contribution in [0.5, 0.6) is 5.75 Å². The number of hydrogen-bond donors (Lipinski definition) is 2. The van der Waals surface area contributed by atoms with Crippen molar-refractivity contribution in [1.82, 2.24) is 25.3 Å². The normalized spacial score (nSPS) is 17.5. The molecular weight excluding hydrogens is 584 g/mol. The molecule has 0 aliphatic carbocycles. The Kier molecular flexibility index (Phi) is 11.9. The Morgan fingerprint density at radius 1 is 1.00 bits per heavy atom. The van der Waals surface area contributed by atoms with Crippen LogP contribution in [0.2, 0.25) is 0 Å². The van der Waals surface area contributed by atoms with E-state index < -0.39 is 22.5 Å². The van der Waals surface area contributed by atoms with E-state index in [0.717, 1.165) is 71.3 Å². The van der Waals surface area contributed by atoms with Crippen LogP contribution in [-0.4, -0.2) is 98.0 Å². The van der Waals surface area contributed by atoms with Crippen LogP contribution < -0.4 is 15.4 Å². The largest absolute Gasteiger partial charge is 0.489 e. The van der Waals surface area contributed by atoms with E-state index in [1.807, 2.05) is 7.05 Å². The number of benzene rings is 2. The molecule has 2 N–H and O–H groups in total. The molecule has 0 radical (unpaired) electrons. The van der Waals surface area contributed by atoms with E-state index in [4.69, 9.17) is 4.74 Å². The number of non-ortho nitro benzene ring substituents is 1. The van der Waals surface area contributed by atoms with Crippen LogP contribution in [0, 0.1) is 21.8 Å². The number of nitro benzene ring substituents is 1. The fraction of sp³-hybridized carbons (Fsp3) is 0.567. The molecule has 0 bridgehead atoms. The summed E-state index contributed by atoms with van der Waals surface area (Å²) in [5, 5.41) is 17.4. The summed E-state index contributed by atoms with van der Waals surface area (Å²) in [6, 6.07) is 6.90. The number of nitro groups is 1. The molecule has 1 amide bonds. The summed E-state index contributed by atoms with van der Waals surface area (Å²) in [5.74, 6) is -0.457. The van der Waals surface area contributed by atoms with Gasteiger partial charge in [0.15, 0.2) is 0 Å². The molecule has 0 spiro atoms. The number of ether oxygens (including phenoxy) is 1. The molecule has 0 aromatic heterocycles. The lowest BCUT2D eigenvalue weighted by Gasteiger charge is -2.38. The van der Waals surface area contributed by atoms with E-state index in [2.05, 4.69) is 25.3 Å². The van der Waals surface area contributed by atoms with Gasteiger partial charge in [-0.1, -0.05) is 6.07 Å². The topological polar surface area (TPSA) is 103 Å². The van der Waals surface area contributed by atoms with Crippen LogP contribution in [0.3, 0.4) is 0 Å². The smallest absolute Gasteiger partial charge is 0.419 e. The summed E-state index contributed by atoms with van der Waals surface area (Å²) < 4.78 is 58.9. The number of hydrogen-bond acceptors (Lipinski definition) is 8. The van der Waals surface area contributed by atoms with Crippen molar-refractivity contribution < 1.29 is 32.0 Å². The predicted molar refractivity (Wildman–Crippen MR) is 157 cm³/mol. The van der Waals surface area contributed by atoms with Crippen molar-refractivity contribution in [3.8, 4) is 5.75 Å². The number of likely N-dealkylation sites (N-methyl/N-ethyl adjacent to an activating group) is 1. The van der Waals surface area contributed by atoms with E-state index >= 15 is 0 Å². The number of carbonyl (C=O) groups excluding carboxylic acids is 1. The first-order chi connectivity index (χ1) is 21.0. The van der Waals surface area contributed by atoms with Crippen molar-refractivity contribution in [2.24, 2.45) is 5.92 Å². The number of nitrogens with zero attached hydrogens (tertiary/aromatic N) is 4. The molecule has 2 heterocycles. The zero-order valence-electron chi connectivity index (χ0n) is 24.9. The first-order valence-corrected chi connectivity index (χ1v) is 14.9. The molecule has 2 fully saturated rings. The van der Waals surface area contributed by atoms with Crippen molar-refractivity contribution >= 4 is 11.6 Å². The summed E-state index contributed by atoms with van der Waals surface area (Å²) in [6.07, 6.45) is -2.90. The van der Waals surface area contributed by atoms with Gasteiger partial charge in [0.25, 0.3) is 5.69 Å². The second-order valence-electron chi connectivity index (χ2n) is 11.4. The van der Waals surface area contributed by atoms with E-state index in [0.29, 0.717) is 42.9 Å². The van der Waals surface area contributed by atoms with Crippen molar-refractivity contribution in [3.63, 3.8) is 0 Å². The van der Waals surface area contributed by atoms with Gasteiger partial charge in [-0.2, -0.15) is 13.2 Å². The average molecular weight is 625 g/mol. The lowest BCUT2D eigenvalue weighted by atomic mass is 9.95. The minimum absolute atomic E-state index is 0.0458. The first-order valence-electron chi connectivity index (χ1n) is 14.9. The maximum absolute atomic E-state index is 13.7. The number of amides is 1. The third-order valence-electron chi connectivity index (χ3n) is 8.13. The van der Waals surface area contributed by atoms with Gasteiger partial charge in [-0.25, -0.2) is 4.39 Å². The average Bonchev–Trinajstić information content (AvgIpc) is 2.98. The van der Waals surface area contributed by atoms with Crippen molar-refractivity contribution in [1.29, 1.82) is 0 Å². The Labute approximate surface area is 254 Å². The second kappa shape index (κ2) is 15.6. The van der Waals surface area contributed by atoms with Gasteiger partial charge in [0.2, 0.25) is 5.91 Å². The Balaban J connectivity index is 1.27. The Hall–Kier alpha value is -3.33. The standard InChI is InChI=1S/C30H40F4N6O4/c1-35-8-9-36-29(41)20-39-14-12-38(13-15-39)18-22-6-10-37(11-7-22)19-24-17-25(40(42)43)3-5-28(24)44-21-23-2-4-27(31)26(16-23)30(32,33)34/h2-5,16-17,22,35H,6-15,18-21H2,1H3,(H,36,41). The van der Waals surface area contributed by atoms with E-state index in [1.54, 1.807) is 0 Å². The van der Waals surface area contributed by atoms with Crippen LogP contribution >= 0.6 is 0 Å². The third-order valence-corrected chi connectivity index (χ3v) is 8.13. The summed E-state index contributed by atoms with van der Waals surface area (Å²) in [6.45, 7) is 8.03. The Bertz CT molecular complexity index is 1260. The number of rotatable bonds is 13. The van der Waals surface area contributed by atoms with Crippen LogP contribution in [0.15, 0.2) is 36.4 Å². The Morgan fingerprint density at radius 3 is 2.36 bits per heavy atom. The molecule has 14 heteroatoms. The van der Waals surface area contributed by atoms with Crippen molar-refractivity contribution in [3.05, 3.63) is 69.0 Å². The van der Waals surface area contributed by atoms with Gasteiger partial charge < -0.3 is 20.3 Å². The SMILES string of the molecule is CNCCNC(=O)CN1CCN(CC2CCN(Cc3cc([N+](=O)[O-])ccc3OCc3ccc(F)c(C(F)(F)F)c3)CC2)CC1. The number of halogens is 4. The molecule has 4 rings (SSSR count). The lowest BCUT2D eigenvalue weighted by molar-refractivity contribution is -0.385. The van der Waals surface area contributed by atoms with Gasteiger partial charge >= 0.3 is 6.18 Å². The highest BCUT2D eigenvalue weighted by atomic mass is 19.4. The van der Waals surface area contributed by atoms with Crippen LogP contribution in [0.4, 0.5) is 23.2 Å². The fourth-order valence-corrected chi connectivity index (χ4v) is 5.63. The highest BCUT2D eigenvalue weighted by Crippen LogP contribution is 2.33. The number of piperazine rings is 1.